The lowest BCUT2D eigenvalue weighted by Gasteiger charge is -2.02. The van der Waals surface area contributed by atoms with Gasteiger partial charge in [0.15, 0.2) is 5.58 Å². The molecule has 0 aliphatic heterocycles. The maximum Gasteiger partial charge on any atom is 0.576 e. The Bertz CT molecular complexity index is 552. The molecule has 1 aromatic carbocycles. The molecule has 0 amide bonds. The SMILES string of the molecule is COc1cc(Br)c2oc(OC(F)(F)F)nc2c1. The van der Waals surface area contributed by atoms with Crippen LogP contribution in [0.15, 0.2) is 21.0 Å². The molecule has 0 saturated carbocycles. The van der Waals surface area contributed by atoms with Crippen molar-refractivity contribution in [3.8, 4) is 11.8 Å². The van der Waals surface area contributed by atoms with Gasteiger partial charge in [-0.1, -0.05) is 0 Å². The molecule has 17 heavy (non-hydrogen) atoms. The highest BCUT2D eigenvalue weighted by Crippen LogP contribution is 2.33. The fourth-order valence-corrected chi connectivity index (χ4v) is 1.72. The zero-order valence-electron chi connectivity index (χ0n) is 8.34. The minimum Gasteiger partial charge on any atom is -0.497 e. The highest BCUT2D eigenvalue weighted by atomic mass is 79.9. The third-order valence-electron chi connectivity index (χ3n) is 1.84. The predicted octanol–water partition coefficient (Wildman–Crippen LogP) is 3.50. The lowest BCUT2D eigenvalue weighted by Crippen LogP contribution is -2.17. The summed E-state index contributed by atoms with van der Waals surface area (Å²) in [5, 5.41) is 0. The maximum atomic E-state index is 12.0. The molecule has 0 unspecified atom stereocenters. The fourth-order valence-electron chi connectivity index (χ4n) is 1.21. The third kappa shape index (κ3) is 2.63. The van der Waals surface area contributed by atoms with Crippen molar-refractivity contribution in [2.45, 2.75) is 6.36 Å². The second-order valence-electron chi connectivity index (χ2n) is 2.99. The topological polar surface area (TPSA) is 44.5 Å². The Kier molecular flexibility index (Phi) is 2.90. The van der Waals surface area contributed by atoms with Crippen LogP contribution in [0.3, 0.4) is 0 Å². The van der Waals surface area contributed by atoms with Gasteiger partial charge in [-0.05, 0) is 22.0 Å². The molecule has 1 aromatic heterocycles. The Morgan fingerprint density at radius 3 is 2.65 bits per heavy atom. The summed E-state index contributed by atoms with van der Waals surface area (Å²) in [5.74, 6) is 0.441. The molecule has 0 aliphatic rings. The average Bonchev–Trinajstić information content (AvgIpc) is 2.57. The number of hydrogen-bond donors (Lipinski definition) is 0. The maximum absolute atomic E-state index is 12.0. The molecule has 0 spiro atoms. The number of rotatable bonds is 2. The Balaban J connectivity index is 2.46. The molecule has 0 aliphatic carbocycles. The highest BCUT2D eigenvalue weighted by molar-refractivity contribution is 9.10. The molecule has 0 N–H and O–H groups in total. The van der Waals surface area contributed by atoms with Crippen LogP contribution in [0, 0.1) is 0 Å². The van der Waals surface area contributed by atoms with Crippen molar-refractivity contribution < 1.29 is 27.1 Å². The molecule has 0 saturated heterocycles. The number of methoxy groups -OCH3 is 1. The normalized spacial score (nSPS) is 11.8. The van der Waals surface area contributed by atoms with Crippen LogP contribution in [0.4, 0.5) is 13.2 Å². The van der Waals surface area contributed by atoms with E-state index >= 15 is 0 Å². The van der Waals surface area contributed by atoms with E-state index in [1.807, 2.05) is 0 Å². The number of alkyl halides is 3. The quantitative estimate of drug-likeness (QED) is 0.851. The van der Waals surface area contributed by atoms with Crippen molar-refractivity contribution in [3.63, 3.8) is 0 Å². The van der Waals surface area contributed by atoms with Crippen molar-refractivity contribution in [1.82, 2.24) is 4.98 Å². The van der Waals surface area contributed by atoms with E-state index in [1.165, 1.54) is 13.2 Å². The molecule has 8 heteroatoms. The summed E-state index contributed by atoms with van der Waals surface area (Å²) in [4.78, 5) is 3.55. The van der Waals surface area contributed by atoms with Crippen LogP contribution in [0.25, 0.3) is 11.1 Å². The lowest BCUT2D eigenvalue weighted by atomic mass is 10.3. The molecule has 1 heterocycles. The number of oxazole rings is 1. The standard InChI is InChI=1S/C9H5BrF3NO3/c1-15-4-2-5(10)7-6(3-4)14-8(16-7)17-9(11,12)13/h2-3H,1H3. The number of benzene rings is 1. The van der Waals surface area contributed by atoms with Crippen LogP contribution in [0.2, 0.25) is 0 Å². The molecule has 0 radical (unpaired) electrons. The second-order valence-corrected chi connectivity index (χ2v) is 3.84. The molecule has 92 valence electrons. The van der Waals surface area contributed by atoms with E-state index in [0.717, 1.165) is 0 Å². The molecule has 0 atom stereocenters. The third-order valence-corrected chi connectivity index (χ3v) is 2.43. The Morgan fingerprint density at radius 1 is 1.35 bits per heavy atom. The summed E-state index contributed by atoms with van der Waals surface area (Å²) in [7, 11) is 1.43. The zero-order valence-corrected chi connectivity index (χ0v) is 9.92. The molecule has 0 fully saturated rings. The second kappa shape index (κ2) is 4.10. The summed E-state index contributed by atoms with van der Waals surface area (Å²) >= 11 is 3.13. The van der Waals surface area contributed by atoms with Gasteiger partial charge >= 0.3 is 12.4 Å². The first-order valence-corrected chi connectivity index (χ1v) is 5.08. The lowest BCUT2D eigenvalue weighted by molar-refractivity contribution is -0.282. The summed E-state index contributed by atoms with van der Waals surface area (Å²) in [5.41, 5.74) is 0.362. The number of fused-ring (bicyclic) bond motifs is 1. The number of hydrogen-bond acceptors (Lipinski definition) is 4. The van der Waals surface area contributed by atoms with Crippen LogP contribution >= 0.6 is 15.9 Å². The summed E-state index contributed by atoms with van der Waals surface area (Å²) in [6, 6.07) is 2.98. The molecule has 0 bridgehead atoms. The van der Waals surface area contributed by atoms with E-state index in [-0.39, 0.29) is 11.1 Å². The van der Waals surface area contributed by atoms with Crippen LogP contribution in [-0.4, -0.2) is 18.5 Å². The Morgan fingerprint density at radius 2 is 2.06 bits per heavy atom. The van der Waals surface area contributed by atoms with Gasteiger partial charge in [0.2, 0.25) is 0 Å². The molecular weight excluding hydrogens is 307 g/mol. The van der Waals surface area contributed by atoms with E-state index in [9.17, 15) is 13.2 Å². The average molecular weight is 312 g/mol. The summed E-state index contributed by atoms with van der Waals surface area (Å²) in [6.07, 6.45) is -5.70. The van der Waals surface area contributed by atoms with E-state index in [2.05, 4.69) is 25.7 Å². The van der Waals surface area contributed by atoms with Gasteiger partial charge in [-0.2, -0.15) is 4.98 Å². The van der Waals surface area contributed by atoms with Crippen LogP contribution in [-0.2, 0) is 0 Å². The van der Waals surface area contributed by atoms with Gasteiger partial charge in [0.25, 0.3) is 0 Å². The van der Waals surface area contributed by atoms with Gasteiger partial charge in [-0.25, -0.2) is 0 Å². The van der Waals surface area contributed by atoms with E-state index in [1.54, 1.807) is 6.07 Å². The molecule has 2 rings (SSSR count). The van der Waals surface area contributed by atoms with Crippen molar-refractivity contribution in [3.05, 3.63) is 16.6 Å². The summed E-state index contributed by atoms with van der Waals surface area (Å²) in [6.45, 7) is 0. The van der Waals surface area contributed by atoms with Crippen LogP contribution in [0.1, 0.15) is 0 Å². The van der Waals surface area contributed by atoms with Crippen LogP contribution < -0.4 is 9.47 Å². The van der Waals surface area contributed by atoms with Crippen molar-refractivity contribution in [2.75, 3.05) is 7.11 Å². The molecule has 2 aromatic rings. The number of ether oxygens (including phenoxy) is 2. The number of nitrogens with zero attached hydrogens (tertiary/aromatic N) is 1. The van der Waals surface area contributed by atoms with Gasteiger partial charge in [0, 0.05) is 6.07 Å². The van der Waals surface area contributed by atoms with Crippen molar-refractivity contribution in [1.29, 1.82) is 0 Å². The van der Waals surface area contributed by atoms with Gasteiger partial charge in [0.05, 0.1) is 11.6 Å². The van der Waals surface area contributed by atoms with E-state index < -0.39 is 12.4 Å². The zero-order chi connectivity index (χ0) is 12.6. The predicted molar refractivity (Wildman–Crippen MR) is 54.9 cm³/mol. The first-order valence-electron chi connectivity index (χ1n) is 4.29. The van der Waals surface area contributed by atoms with Gasteiger partial charge < -0.3 is 13.9 Å². The monoisotopic (exact) mass is 311 g/mol. The molecular formula is C9H5BrF3NO3. The first kappa shape index (κ1) is 12.0. The minimum absolute atomic E-state index is 0.157. The number of aromatic nitrogens is 1. The largest absolute Gasteiger partial charge is 0.576 e. The highest BCUT2D eigenvalue weighted by Gasteiger charge is 2.34. The van der Waals surface area contributed by atoms with E-state index in [4.69, 9.17) is 9.15 Å². The van der Waals surface area contributed by atoms with Gasteiger partial charge in [0.1, 0.15) is 11.3 Å². The minimum atomic E-state index is -4.84. The first-order chi connectivity index (χ1) is 7.89. The number of halogens is 4. The Labute approximate surface area is 101 Å². The van der Waals surface area contributed by atoms with Crippen LogP contribution in [0.5, 0.6) is 11.8 Å². The van der Waals surface area contributed by atoms with Gasteiger partial charge in [-0.3, -0.25) is 0 Å². The smallest absolute Gasteiger partial charge is 0.497 e. The van der Waals surface area contributed by atoms with Crippen molar-refractivity contribution >= 4 is 27.0 Å². The Hall–Kier alpha value is -1.44. The molecule has 4 nitrogen and oxygen atoms in total. The fraction of sp³-hybridized carbons (Fsp3) is 0.222. The van der Waals surface area contributed by atoms with Crippen molar-refractivity contribution in [2.24, 2.45) is 0 Å². The van der Waals surface area contributed by atoms with E-state index in [0.29, 0.717) is 10.2 Å². The summed E-state index contributed by atoms with van der Waals surface area (Å²) < 4.78 is 49.6. The van der Waals surface area contributed by atoms with Gasteiger partial charge in [-0.15, -0.1) is 13.2 Å².